The third-order valence-electron chi connectivity index (χ3n) is 5.57. The van der Waals surface area contributed by atoms with E-state index in [0.29, 0.717) is 22.9 Å². The van der Waals surface area contributed by atoms with Crippen LogP contribution >= 0.6 is 0 Å². The van der Waals surface area contributed by atoms with Crippen LogP contribution in [0, 0.1) is 5.41 Å². The van der Waals surface area contributed by atoms with Gasteiger partial charge >= 0.3 is 0 Å². The molecule has 31 heavy (non-hydrogen) atoms. The molecular weight excluding hydrogens is 392 g/mol. The van der Waals surface area contributed by atoms with Crippen LogP contribution in [0.1, 0.15) is 47.9 Å². The quantitative estimate of drug-likeness (QED) is 0.674. The first kappa shape index (κ1) is 20.8. The maximum atomic E-state index is 13.0. The first-order valence-corrected chi connectivity index (χ1v) is 10.2. The van der Waals surface area contributed by atoms with Gasteiger partial charge in [-0.3, -0.25) is 9.78 Å². The van der Waals surface area contributed by atoms with Gasteiger partial charge in [-0.05, 0) is 48.6 Å². The molecule has 2 aromatic heterocycles. The number of nitrogens with zero attached hydrogens (tertiary/aromatic N) is 3. The molecule has 0 fully saturated rings. The molecule has 1 aliphatic carbocycles. The molecule has 1 aromatic carbocycles. The fourth-order valence-electron chi connectivity index (χ4n) is 4.04. The number of fused-ring (bicyclic) bond motifs is 1. The van der Waals surface area contributed by atoms with Crippen LogP contribution in [0.4, 0.5) is 0 Å². The zero-order chi connectivity index (χ0) is 22.0. The monoisotopic (exact) mass is 418 g/mol. The number of benzene rings is 1. The number of carbonyl (C=O) groups excluding carboxylic acids is 1. The number of carbonyl (C=O) groups is 1. The number of amides is 1. The summed E-state index contributed by atoms with van der Waals surface area (Å²) in [6.45, 7) is 4.39. The molecule has 160 valence electrons. The van der Waals surface area contributed by atoms with Crippen LogP contribution in [0.15, 0.2) is 48.9 Å². The smallest absolute Gasteiger partial charge is 0.251 e. The summed E-state index contributed by atoms with van der Waals surface area (Å²) in [6.07, 6.45) is 6.93. The van der Waals surface area contributed by atoms with E-state index in [-0.39, 0.29) is 17.4 Å². The summed E-state index contributed by atoms with van der Waals surface area (Å²) in [5, 5.41) is 3.17. The molecule has 0 radical (unpaired) electrons. The Morgan fingerprint density at radius 3 is 2.55 bits per heavy atom. The Kier molecular flexibility index (Phi) is 5.59. The van der Waals surface area contributed by atoms with E-state index in [1.807, 2.05) is 18.3 Å². The fourth-order valence-corrected chi connectivity index (χ4v) is 4.04. The second-order valence-corrected chi connectivity index (χ2v) is 8.47. The highest BCUT2D eigenvalue weighted by molar-refractivity contribution is 5.95. The van der Waals surface area contributed by atoms with E-state index < -0.39 is 0 Å². The van der Waals surface area contributed by atoms with E-state index >= 15 is 0 Å². The summed E-state index contributed by atoms with van der Waals surface area (Å²) in [6, 6.07) is 8.76. The number of pyridine rings is 1. The molecule has 1 aliphatic rings. The van der Waals surface area contributed by atoms with Crippen LogP contribution in [0.3, 0.4) is 0 Å². The minimum Gasteiger partial charge on any atom is -0.493 e. The maximum Gasteiger partial charge on any atom is 0.251 e. The Hall–Kier alpha value is -3.48. The van der Waals surface area contributed by atoms with E-state index in [4.69, 9.17) is 14.5 Å². The van der Waals surface area contributed by atoms with Crippen molar-refractivity contribution in [3.8, 4) is 22.9 Å². The van der Waals surface area contributed by atoms with Gasteiger partial charge in [-0.2, -0.15) is 0 Å². The second kappa shape index (κ2) is 8.34. The molecule has 0 bridgehead atoms. The molecule has 0 aliphatic heterocycles. The van der Waals surface area contributed by atoms with Crippen molar-refractivity contribution >= 4 is 5.91 Å². The van der Waals surface area contributed by atoms with Crippen molar-refractivity contribution in [1.82, 2.24) is 20.3 Å². The minimum absolute atomic E-state index is 0.00753. The van der Waals surface area contributed by atoms with E-state index in [2.05, 4.69) is 29.1 Å². The normalized spacial score (nSPS) is 16.8. The fraction of sp³-hybridized carbons (Fsp3) is 0.333. The lowest BCUT2D eigenvalue weighted by Gasteiger charge is -2.36. The first-order chi connectivity index (χ1) is 14.9. The zero-order valence-corrected chi connectivity index (χ0v) is 18.2. The molecule has 4 rings (SSSR count). The lowest BCUT2D eigenvalue weighted by molar-refractivity contribution is 0.0918. The van der Waals surface area contributed by atoms with Gasteiger partial charge in [-0.1, -0.05) is 13.8 Å². The molecule has 1 N–H and O–H groups in total. The molecule has 0 saturated carbocycles. The SMILES string of the molecule is COc1ccc(C(=O)NC2CC(C)(C)Cc3nc(-c4ccncc4)ncc32)cc1OC. The Balaban J connectivity index is 1.63. The highest BCUT2D eigenvalue weighted by Crippen LogP contribution is 2.40. The molecule has 0 saturated heterocycles. The number of methoxy groups -OCH3 is 2. The van der Waals surface area contributed by atoms with Crippen LogP contribution in [-0.2, 0) is 6.42 Å². The van der Waals surface area contributed by atoms with Crippen LogP contribution in [0.25, 0.3) is 11.4 Å². The van der Waals surface area contributed by atoms with Gasteiger partial charge in [-0.15, -0.1) is 0 Å². The lowest BCUT2D eigenvalue weighted by Crippen LogP contribution is -2.37. The molecule has 2 heterocycles. The summed E-state index contributed by atoms with van der Waals surface area (Å²) < 4.78 is 10.6. The first-order valence-electron chi connectivity index (χ1n) is 10.2. The van der Waals surface area contributed by atoms with Gasteiger partial charge in [-0.25, -0.2) is 9.97 Å². The largest absolute Gasteiger partial charge is 0.493 e. The number of hydrogen-bond donors (Lipinski definition) is 1. The van der Waals surface area contributed by atoms with E-state index in [9.17, 15) is 4.79 Å². The van der Waals surface area contributed by atoms with Gasteiger partial charge in [0.25, 0.3) is 5.91 Å². The molecular formula is C24H26N4O3. The molecule has 7 nitrogen and oxygen atoms in total. The van der Waals surface area contributed by atoms with Crippen LogP contribution in [0.5, 0.6) is 11.5 Å². The predicted octanol–water partition coefficient (Wildman–Crippen LogP) is 4.00. The van der Waals surface area contributed by atoms with Gasteiger partial charge in [0.2, 0.25) is 0 Å². The summed E-state index contributed by atoms with van der Waals surface area (Å²) in [5.41, 5.74) is 3.36. The maximum absolute atomic E-state index is 13.0. The summed E-state index contributed by atoms with van der Waals surface area (Å²) in [5.74, 6) is 1.60. The van der Waals surface area contributed by atoms with Gasteiger partial charge < -0.3 is 14.8 Å². The van der Waals surface area contributed by atoms with Crippen LogP contribution in [0.2, 0.25) is 0 Å². The Labute approximate surface area is 181 Å². The second-order valence-electron chi connectivity index (χ2n) is 8.47. The Morgan fingerprint density at radius 2 is 1.84 bits per heavy atom. The summed E-state index contributed by atoms with van der Waals surface area (Å²) in [7, 11) is 3.12. The minimum atomic E-state index is -0.175. The van der Waals surface area contributed by atoms with Crippen LogP contribution in [-0.4, -0.2) is 35.1 Å². The number of ether oxygens (including phenoxy) is 2. The van der Waals surface area contributed by atoms with Crippen molar-refractivity contribution in [2.24, 2.45) is 5.41 Å². The van der Waals surface area contributed by atoms with E-state index in [1.165, 1.54) is 0 Å². The third kappa shape index (κ3) is 4.35. The number of hydrogen-bond acceptors (Lipinski definition) is 6. The molecule has 1 atom stereocenters. The Morgan fingerprint density at radius 1 is 1.10 bits per heavy atom. The van der Waals surface area contributed by atoms with E-state index in [1.54, 1.807) is 44.8 Å². The third-order valence-corrected chi connectivity index (χ3v) is 5.57. The van der Waals surface area contributed by atoms with Crippen molar-refractivity contribution in [3.05, 3.63) is 65.7 Å². The van der Waals surface area contributed by atoms with Crippen molar-refractivity contribution in [1.29, 1.82) is 0 Å². The molecule has 1 amide bonds. The van der Waals surface area contributed by atoms with Crippen molar-refractivity contribution in [3.63, 3.8) is 0 Å². The number of rotatable bonds is 5. The topological polar surface area (TPSA) is 86.2 Å². The van der Waals surface area contributed by atoms with Gasteiger partial charge in [0, 0.05) is 35.3 Å². The van der Waals surface area contributed by atoms with Crippen molar-refractivity contribution in [2.75, 3.05) is 14.2 Å². The van der Waals surface area contributed by atoms with Gasteiger partial charge in [0.05, 0.1) is 26.0 Å². The van der Waals surface area contributed by atoms with Crippen molar-refractivity contribution < 1.29 is 14.3 Å². The standard InChI is InChI=1S/C24H26N4O3/c1-24(2)12-18-17(14-26-22(27-18)15-7-9-25-10-8-15)19(13-24)28-23(29)16-5-6-20(30-3)21(11-16)31-4/h5-11,14,19H,12-13H2,1-4H3,(H,28,29). The van der Waals surface area contributed by atoms with Gasteiger partial charge in [0.15, 0.2) is 17.3 Å². The highest BCUT2D eigenvalue weighted by Gasteiger charge is 2.34. The summed E-state index contributed by atoms with van der Waals surface area (Å²) in [4.78, 5) is 26.5. The van der Waals surface area contributed by atoms with E-state index in [0.717, 1.165) is 29.7 Å². The number of aromatic nitrogens is 3. The molecule has 3 aromatic rings. The Bertz CT molecular complexity index is 1100. The van der Waals surface area contributed by atoms with Crippen molar-refractivity contribution in [2.45, 2.75) is 32.7 Å². The molecule has 0 spiro atoms. The zero-order valence-electron chi connectivity index (χ0n) is 18.2. The lowest BCUT2D eigenvalue weighted by atomic mass is 9.74. The summed E-state index contributed by atoms with van der Waals surface area (Å²) >= 11 is 0. The average molecular weight is 418 g/mol. The highest BCUT2D eigenvalue weighted by atomic mass is 16.5. The van der Waals surface area contributed by atoms with Crippen LogP contribution < -0.4 is 14.8 Å². The number of nitrogens with one attached hydrogen (secondary N) is 1. The predicted molar refractivity (Wildman–Crippen MR) is 117 cm³/mol. The molecule has 1 unspecified atom stereocenters. The molecule has 7 heteroatoms. The van der Waals surface area contributed by atoms with Gasteiger partial charge in [0.1, 0.15) is 0 Å². The average Bonchev–Trinajstić information content (AvgIpc) is 2.78.